The number of hydrogen-bond acceptors (Lipinski definition) is 3. The predicted molar refractivity (Wildman–Crippen MR) is 51.8 cm³/mol. The van der Waals surface area contributed by atoms with Crippen molar-refractivity contribution in [1.82, 2.24) is 10.8 Å². The molecular formula is C9H18N2O3. The van der Waals surface area contributed by atoms with Gasteiger partial charge in [-0.2, -0.15) is 0 Å². The average molecular weight is 202 g/mol. The molecule has 0 spiro atoms. The highest BCUT2D eigenvalue weighted by Crippen LogP contribution is 2.17. The summed E-state index contributed by atoms with van der Waals surface area (Å²) >= 11 is 0. The van der Waals surface area contributed by atoms with E-state index < -0.39 is 0 Å². The molecule has 1 fully saturated rings. The summed E-state index contributed by atoms with van der Waals surface area (Å²) in [6, 6.07) is 0.0639. The molecule has 0 aromatic rings. The molecule has 0 saturated heterocycles. The summed E-state index contributed by atoms with van der Waals surface area (Å²) in [5.74, 6) is 0. The van der Waals surface area contributed by atoms with Crippen LogP contribution in [0.2, 0.25) is 0 Å². The van der Waals surface area contributed by atoms with E-state index in [4.69, 9.17) is 9.57 Å². The first-order valence-electron chi connectivity index (χ1n) is 5.00. The van der Waals surface area contributed by atoms with Crippen LogP contribution in [0.3, 0.4) is 0 Å². The fraction of sp³-hybridized carbons (Fsp3) is 0.889. The molecule has 0 bridgehead atoms. The highest BCUT2D eigenvalue weighted by atomic mass is 16.7. The Morgan fingerprint density at radius 3 is 2.71 bits per heavy atom. The molecule has 5 nitrogen and oxygen atoms in total. The zero-order chi connectivity index (χ0) is 10.2. The van der Waals surface area contributed by atoms with Gasteiger partial charge in [0.05, 0.1) is 13.2 Å². The van der Waals surface area contributed by atoms with Crippen LogP contribution in [0.25, 0.3) is 0 Å². The van der Waals surface area contributed by atoms with Gasteiger partial charge >= 0.3 is 6.03 Å². The Kier molecular flexibility index (Phi) is 5.32. The molecule has 1 saturated carbocycles. The van der Waals surface area contributed by atoms with Gasteiger partial charge in [-0.05, 0) is 12.8 Å². The molecule has 2 N–H and O–H groups in total. The summed E-state index contributed by atoms with van der Waals surface area (Å²) in [4.78, 5) is 16.0. The maximum Gasteiger partial charge on any atom is 0.338 e. The third kappa shape index (κ3) is 4.43. The fourth-order valence-electron chi connectivity index (χ4n) is 1.53. The highest BCUT2D eigenvalue weighted by Gasteiger charge is 2.16. The second kappa shape index (κ2) is 6.62. The monoisotopic (exact) mass is 202 g/mol. The number of carbonyl (C=O) groups excluding carboxylic acids is 1. The van der Waals surface area contributed by atoms with Crippen LogP contribution in [-0.4, -0.2) is 32.4 Å². The standard InChI is InChI=1S/C9H18N2O3/c1-13-6-7-14-11-9(12)10-8-4-2-3-5-8/h8H,2-7H2,1H3,(H2,10,11,12). The van der Waals surface area contributed by atoms with E-state index in [-0.39, 0.29) is 6.03 Å². The first kappa shape index (κ1) is 11.3. The first-order valence-corrected chi connectivity index (χ1v) is 5.00. The van der Waals surface area contributed by atoms with E-state index in [0.29, 0.717) is 19.3 Å². The van der Waals surface area contributed by atoms with Crippen molar-refractivity contribution in [2.75, 3.05) is 20.3 Å². The van der Waals surface area contributed by atoms with Gasteiger partial charge in [-0.15, -0.1) is 0 Å². The number of hydrogen-bond donors (Lipinski definition) is 2. The third-order valence-corrected chi connectivity index (χ3v) is 2.24. The van der Waals surface area contributed by atoms with Gasteiger partial charge in [0.1, 0.15) is 0 Å². The van der Waals surface area contributed by atoms with Gasteiger partial charge < -0.3 is 10.1 Å². The Bertz CT molecular complexity index is 169. The van der Waals surface area contributed by atoms with Crippen molar-refractivity contribution in [3.63, 3.8) is 0 Å². The van der Waals surface area contributed by atoms with Crippen LogP contribution >= 0.6 is 0 Å². The molecular weight excluding hydrogens is 184 g/mol. The van der Waals surface area contributed by atoms with Gasteiger partial charge in [-0.1, -0.05) is 12.8 Å². The lowest BCUT2D eigenvalue weighted by atomic mass is 10.3. The lowest BCUT2D eigenvalue weighted by molar-refractivity contribution is 0.0237. The number of nitrogens with one attached hydrogen (secondary N) is 2. The lowest BCUT2D eigenvalue weighted by Gasteiger charge is -2.12. The van der Waals surface area contributed by atoms with Crippen LogP contribution in [0.4, 0.5) is 4.79 Å². The second-order valence-electron chi connectivity index (χ2n) is 3.40. The minimum Gasteiger partial charge on any atom is -0.382 e. The molecule has 0 radical (unpaired) electrons. The number of urea groups is 1. The van der Waals surface area contributed by atoms with Crippen LogP contribution in [0.15, 0.2) is 0 Å². The summed E-state index contributed by atoms with van der Waals surface area (Å²) in [5, 5.41) is 2.84. The van der Waals surface area contributed by atoms with E-state index in [0.717, 1.165) is 12.8 Å². The molecule has 14 heavy (non-hydrogen) atoms. The molecule has 1 rings (SSSR count). The quantitative estimate of drug-likeness (QED) is 0.512. The van der Waals surface area contributed by atoms with Crippen molar-refractivity contribution in [2.24, 2.45) is 0 Å². The summed E-state index contributed by atoms with van der Waals surface area (Å²) in [5.41, 5.74) is 2.31. The Hall–Kier alpha value is -0.810. The Morgan fingerprint density at radius 1 is 1.36 bits per heavy atom. The van der Waals surface area contributed by atoms with E-state index in [2.05, 4.69) is 10.8 Å². The molecule has 0 aromatic heterocycles. The topological polar surface area (TPSA) is 59.6 Å². The van der Waals surface area contributed by atoms with Crippen LogP contribution in [0.5, 0.6) is 0 Å². The van der Waals surface area contributed by atoms with Gasteiger partial charge in [0, 0.05) is 13.2 Å². The van der Waals surface area contributed by atoms with Gasteiger partial charge in [0.25, 0.3) is 0 Å². The second-order valence-corrected chi connectivity index (χ2v) is 3.40. The SMILES string of the molecule is COCCONC(=O)NC1CCCC1. The Labute approximate surface area is 84.1 Å². The summed E-state index contributed by atoms with van der Waals surface area (Å²) in [6.45, 7) is 0.846. The maximum absolute atomic E-state index is 11.2. The molecule has 0 aromatic carbocycles. The fourth-order valence-corrected chi connectivity index (χ4v) is 1.53. The smallest absolute Gasteiger partial charge is 0.338 e. The van der Waals surface area contributed by atoms with Gasteiger partial charge in [0.2, 0.25) is 0 Å². The minimum atomic E-state index is -0.256. The van der Waals surface area contributed by atoms with E-state index in [9.17, 15) is 4.79 Å². The molecule has 0 heterocycles. The van der Waals surface area contributed by atoms with Crippen molar-refractivity contribution >= 4 is 6.03 Å². The van der Waals surface area contributed by atoms with E-state index in [1.54, 1.807) is 7.11 Å². The molecule has 1 aliphatic carbocycles. The number of rotatable bonds is 5. The summed E-state index contributed by atoms with van der Waals surface area (Å²) in [7, 11) is 1.59. The molecule has 0 aliphatic heterocycles. The van der Waals surface area contributed by atoms with Gasteiger partial charge in [-0.25, -0.2) is 10.3 Å². The molecule has 0 atom stereocenters. The molecule has 2 amide bonds. The maximum atomic E-state index is 11.2. The largest absolute Gasteiger partial charge is 0.382 e. The predicted octanol–water partition coefficient (Wildman–Crippen LogP) is 0.806. The Balaban J connectivity index is 1.98. The van der Waals surface area contributed by atoms with Crippen LogP contribution in [0, 0.1) is 0 Å². The summed E-state index contributed by atoms with van der Waals surface area (Å²) in [6.07, 6.45) is 4.56. The highest BCUT2D eigenvalue weighted by molar-refractivity contribution is 5.73. The zero-order valence-electron chi connectivity index (χ0n) is 8.54. The minimum absolute atomic E-state index is 0.256. The normalized spacial score (nSPS) is 16.9. The van der Waals surface area contributed by atoms with Crippen LogP contribution in [-0.2, 0) is 9.57 Å². The van der Waals surface area contributed by atoms with Gasteiger partial charge in [-0.3, -0.25) is 4.84 Å². The Morgan fingerprint density at radius 2 is 2.07 bits per heavy atom. The molecule has 1 aliphatic rings. The van der Waals surface area contributed by atoms with Crippen LogP contribution in [0.1, 0.15) is 25.7 Å². The van der Waals surface area contributed by atoms with Crippen molar-refractivity contribution in [1.29, 1.82) is 0 Å². The number of methoxy groups -OCH3 is 1. The van der Waals surface area contributed by atoms with Crippen molar-refractivity contribution < 1.29 is 14.4 Å². The molecule has 0 unspecified atom stereocenters. The zero-order valence-corrected chi connectivity index (χ0v) is 8.54. The van der Waals surface area contributed by atoms with Crippen molar-refractivity contribution in [2.45, 2.75) is 31.7 Å². The summed E-state index contributed by atoms with van der Waals surface area (Å²) < 4.78 is 4.76. The number of ether oxygens (including phenoxy) is 1. The van der Waals surface area contributed by atoms with Crippen LogP contribution < -0.4 is 10.8 Å². The first-order chi connectivity index (χ1) is 6.83. The van der Waals surface area contributed by atoms with Gasteiger partial charge in [0.15, 0.2) is 0 Å². The number of amides is 2. The number of carbonyl (C=O) groups is 1. The lowest BCUT2D eigenvalue weighted by Crippen LogP contribution is -2.41. The van der Waals surface area contributed by atoms with E-state index in [1.807, 2.05) is 0 Å². The molecule has 5 heteroatoms. The average Bonchev–Trinajstić information content (AvgIpc) is 2.65. The number of hydroxylamine groups is 1. The molecule has 82 valence electrons. The van der Waals surface area contributed by atoms with Crippen molar-refractivity contribution in [3.05, 3.63) is 0 Å². The van der Waals surface area contributed by atoms with E-state index >= 15 is 0 Å². The van der Waals surface area contributed by atoms with Crippen molar-refractivity contribution in [3.8, 4) is 0 Å². The third-order valence-electron chi connectivity index (χ3n) is 2.24. The van der Waals surface area contributed by atoms with E-state index in [1.165, 1.54) is 12.8 Å².